The van der Waals surface area contributed by atoms with Crippen LogP contribution in [-0.4, -0.2) is 51.1 Å². The van der Waals surface area contributed by atoms with Crippen molar-refractivity contribution >= 4 is 17.7 Å². The third-order valence-electron chi connectivity index (χ3n) is 5.33. The number of thioether (sulfide) groups is 1. The number of methoxy groups -OCH3 is 1. The van der Waals surface area contributed by atoms with Gasteiger partial charge in [0.05, 0.1) is 12.1 Å². The van der Waals surface area contributed by atoms with Gasteiger partial charge in [-0.3, -0.25) is 4.79 Å². The molecule has 1 atom stereocenters. The maximum atomic E-state index is 13.0. The Bertz CT molecular complexity index is 569. The molecule has 1 aliphatic heterocycles. The Morgan fingerprint density at radius 3 is 2.67 bits per heavy atom. The molecule has 1 aliphatic carbocycles. The number of hydrogen-bond acceptors (Lipinski definition) is 5. The SMILES string of the molecule is CCSc1nnc(C2CCCN2C(=O)C2CCC(OC)CC2)n1C. The highest BCUT2D eigenvalue weighted by Gasteiger charge is 2.37. The standard InChI is InChI=1S/C17H28N4O2S/c1-4-24-17-19-18-15(20(17)2)14-6-5-11-21(14)16(22)12-7-9-13(23-3)10-8-12/h12-14H,4-11H2,1-3H3. The first kappa shape index (κ1) is 17.7. The van der Waals surface area contributed by atoms with E-state index in [1.54, 1.807) is 18.9 Å². The number of nitrogens with zero attached hydrogens (tertiary/aromatic N) is 4. The zero-order chi connectivity index (χ0) is 17.1. The van der Waals surface area contributed by atoms with Crippen LogP contribution in [0.2, 0.25) is 0 Å². The smallest absolute Gasteiger partial charge is 0.226 e. The van der Waals surface area contributed by atoms with E-state index in [2.05, 4.69) is 26.6 Å². The maximum Gasteiger partial charge on any atom is 0.226 e. The van der Waals surface area contributed by atoms with Crippen LogP contribution in [0.5, 0.6) is 0 Å². The molecule has 24 heavy (non-hydrogen) atoms. The van der Waals surface area contributed by atoms with Gasteiger partial charge in [-0.15, -0.1) is 10.2 Å². The number of carbonyl (C=O) groups is 1. The molecule has 0 radical (unpaired) electrons. The van der Waals surface area contributed by atoms with Gasteiger partial charge in [0.1, 0.15) is 0 Å². The lowest BCUT2D eigenvalue weighted by molar-refractivity contribution is -0.138. The number of rotatable bonds is 5. The fraction of sp³-hybridized carbons (Fsp3) is 0.824. The Morgan fingerprint density at radius 2 is 2.00 bits per heavy atom. The molecule has 1 saturated carbocycles. The summed E-state index contributed by atoms with van der Waals surface area (Å²) >= 11 is 1.69. The van der Waals surface area contributed by atoms with E-state index in [-0.39, 0.29) is 12.0 Å². The van der Waals surface area contributed by atoms with Gasteiger partial charge in [-0.2, -0.15) is 0 Å². The van der Waals surface area contributed by atoms with Crippen LogP contribution < -0.4 is 0 Å². The molecule has 0 N–H and O–H groups in total. The van der Waals surface area contributed by atoms with Crippen molar-refractivity contribution in [3.63, 3.8) is 0 Å². The number of amides is 1. The van der Waals surface area contributed by atoms with Crippen molar-refractivity contribution in [1.82, 2.24) is 19.7 Å². The Morgan fingerprint density at radius 1 is 1.25 bits per heavy atom. The predicted octanol–water partition coefficient (Wildman–Crippen LogP) is 2.80. The molecule has 0 spiro atoms. The summed E-state index contributed by atoms with van der Waals surface area (Å²) in [7, 11) is 3.78. The third kappa shape index (κ3) is 3.47. The minimum Gasteiger partial charge on any atom is -0.381 e. The van der Waals surface area contributed by atoms with E-state index in [0.717, 1.165) is 61.8 Å². The molecule has 1 aromatic rings. The van der Waals surface area contributed by atoms with E-state index in [1.165, 1.54) is 0 Å². The maximum absolute atomic E-state index is 13.0. The molecule has 0 aromatic carbocycles. The Hall–Kier alpha value is -1.08. The second kappa shape index (κ2) is 7.87. The van der Waals surface area contributed by atoms with Gasteiger partial charge in [0.15, 0.2) is 11.0 Å². The van der Waals surface area contributed by atoms with Crippen molar-refractivity contribution in [2.24, 2.45) is 13.0 Å². The molecule has 1 saturated heterocycles. The summed E-state index contributed by atoms with van der Waals surface area (Å²) in [5.41, 5.74) is 0. The lowest BCUT2D eigenvalue weighted by Gasteiger charge is -2.32. The fourth-order valence-electron chi connectivity index (χ4n) is 3.95. The number of ether oxygens (including phenoxy) is 1. The largest absolute Gasteiger partial charge is 0.381 e. The molecule has 134 valence electrons. The first-order valence-electron chi connectivity index (χ1n) is 9.01. The van der Waals surface area contributed by atoms with E-state index in [0.29, 0.717) is 12.0 Å². The Labute approximate surface area is 148 Å². The van der Waals surface area contributed by atoms with Gasteiger partial charge >= 0.3 is 0 Å². The fourth-order valence-corrected chi connectivity index (χ4v) is 4.59. The van der Waals surface area contributed by atoms with Crippen LogP contribution in [0.25, 0.3) is 0 Å². The molecule has 1 unspecified atom stereocenters. The monoisotopic (exact) mass is 352 g/mol. The Kier molecular flexibility index (Phi) is 5.81. The highest BCUT2D eigenvalue weighted by molar-refractivity contribution is 7.99. The highest BCUT2D eigenvalue weighted by Crippen LogP contribution is 2.36. The second-order valence-electron chi connectivity index (χ2n) is 6.73. The topological polar surface area (TPSA) is 60.3 Å². The van der Waals surface area contributed by atoms with Crippen molar-refractivity contribution in [2.75, 3.05) is 19.4 Å². The van der Waals surface area contributed by atoms with E-state index in [4.69, 9.17) is 4.74 Å². The summed E-state index contributed by atoms with van der Waals surface area (Å²) in [6, 6.07) is 0.0846. The zero-order valence-electron chi connectivity index (χ0n) is 14.9. The van der Waals surface area contributed by atoms with Crippen molar-refractivity contribution in [2.45, 2.75) is 62.8 Å². The molecule has 1 amide bonds. The zero-order valence-corrected chi connectivity index (χ0v) is 15.7. The minimum absolute atomic E-state index is 0.0846. The van der Waals surface area contributed by atoms with Crippen molar-refractivity contribution in [1.29, 1.82) is 0 Å². The van der Waals surface area contributed by atoms with E-state index < -0.39 is 0 Å². The molecule has 3 rings (SSSR count). The van der Waals surface area contributed by atoms with Gasteiger partial charge in [0.2, 0.25) is 5.91 Å². The van der Waals surface area contributed by atoms with Gasteiger partial charge in [0.25, 0.3) is 0 Å². The predicted molar refractivity (Wildman–Crippen MR) is 93.8 cm³/mol. The summed E-state index contributed by atoms with van der Waals surface area (Å²) in [4.78, 5) is 15.1. The van der Waals surface area contributed by atoms with Crippen molar-refractivity contribution in [3.8, 4) is 0 Å². The van der Waals surface area contributed by atoms with Gasteiger partial charge in [-0.1, -0.05) is 18.7 Å². The number of carbonyl (C=O) groups excluding carboxylic acids is 1. The first-order chi connectivity index (χ1) is 11.7. The summed E-state index contributed by atoms with van der Waals surface area (Å²) in [6.45, 7) is 2.96. The molecular formula is C17H28N4O2S. The highest BCUT2D eigenvalue weighted by atomic mass is 32.2. The summed E-state index contributed by atoms with van der Waals surface area (Å²) in [5, 5.41) is 9.63. The molecule has 2 fully saturated rings. The average Bonchev–Trinajstić information content (AvgIpc) is 3.22. The Balaban J connectivity index is 1.70. The van der Waals surface area contributed by atoms with Crippen LogP contribution in [0.15, 0.2) is 5.16 Å². The molecule has 6 nitrogen and oxygen atoms in total. The van der Waals surface area contributed by atoms with Crippen LogP contribution in [0, 0.1) is 5.92 Å². The van der Waals surface area contributed by atoms with Crippen LogP contribution in [0.3, 0.4) is 0 Å². The first-order valence-corrected chi connectivity index (χ1v) is 9.99. The quantitative estimate of drug-likeness (QED) is 0.763. The number of likely N-dealkylation sites (tertiary alicyclic amines) is 1. The van der Waals surface area contributed by atoms with Crippen molar-refractivity contribution in [3.05, 3.63) is 5.82 Å². The molecule has 2 aliphatic rings. The van der Waals surface area contributed by atoms with Crippen LogP contribution in [0.4, 0.5) is 0 Å². The van der Waals surface area contributed by atoms with Gasteiger partial charge < -0.3 is 14.2 Å². The second-order valence-corrected chi connectivity index (χ2v) is 7.96. The molecule has 1 aromatic heterocycles. The molecular weight excluding hydrogens is 324 g/mol. The average molecular weight is 353 g/mol. The van der Waals surface area contributed by atoms with E-state index in [9.17, 15) is 4.79 Å². The van der Waals surface area contributed by atoms with Gasteiger partial charge in [-0.05, 0) is 44.3 Å². The van der Waals surface area contributed by atoms with Crippen LogP contribution in [-0.2, 0) is 16.6 Å². The lowest BCUT2D eigenvalue weighted by atomic mass is 9.86. The summed E-state index contributed by atoms with van der Waals surface area (Å²) in [6.07, 6.45) is 6.23. The van der Waals surface area contributed by atoms with E-state index in [1.807, 2.05) is 7.05 Å². The molecule has 2 heterocycles. The third-order valence-corrected chi connectivity index (χ3v) is 6.24. The summed E-state index contributed by atoms with van der Waals surface area (Å²) < 4.78 is 7.49. The molecule has 0 bridgehead atoms. The summed E-state index contributed by atoms with van der Waals surface area (Å²) in [5.74, 6) is 2.36. The van der Waals surface area contributed by atoms with Gasteiger partial charge in [0, 0.05) is 26.6 Å². The number of aromatic nitrogens is 3. The normalized spacial score (nSPS) is 27.6. The van der Waals surface area contributed by atoms with Crippen LogP contribution >= 0.6 is 11.8 Å². The molecule has 7 heteroatoms. The minimum atomic E-state index is 0.0846. The van der Waals surface area contributed by atoms with Crippen molar-refractivity contribution < 1.29 is 9.53 Å². The number of hydrogen-bond donors (Lipinski definition) is 0. The van der Waals surface area contributed by atoms with E-state index >= 15 is 0 Å². The van der Waals surface area contributed by atoms with Gasteiger partial charge in [-0.25, -0.2) is 0 Å². The lowest BCUT2D eigenvalue weighted by Crippen LogP contribution is -2.38. The van der Waals surface area contributed by atoms with Crippen LogP contribution in [0.1, 0.15) is 57.3 Å².